The second kappa shape index (κ2) is 54.5. The Morgan fingerprint density at radius 2 is 0.554 bits per heavy atom. The summed E-state index contributed by atoms with van der Waals surface area (Å²) in [5, 5.41) is 0. The zero-order valence-electron chi connectivity index (χ0n) is 43.8. The van der Waals surface area contributed by atoms with Gasteiger partial charge in [0.25, 0.3) is 0 Å². The topological polar surface area (TPSA) is 78.9 Å². The summed E-state index contributed by atoms with van der Waals surface area (Å²) in [7, 11) is 0. The minimum absolute atomic E-state index is 0.0681. The highest BCUT2D eigenvalue weighted by atomic mass is 16.6. The predicted molar refractivity (Wildman–Crippen MR) is 279 cm³/mol. The lowest BCUT2D eigenvalue weighted by molar-refractivity contribution is -0.167. The molecule has 0 fully saturated rings. The molecule has 0 aromatic heterocycles. The zero-order valence-corrected chi connectivity index (χ0v) is 43.8. The molecule has 0 aliphatic rings. The Kier molecular flexibility index (Phi) is 52.7. The number of carbonyl (C=O) groups is 3. The monoisotopic (exact) mass is 915 g/mol. The van der Waals surface area contributed by atoms with Crippen LogP contribution in [0.1, 0.15) is 316 Å². The molecular formula is C59H110O6. The number of esters is 3. The van der Waals surface area contributed by atoms with Crippen LogP contribution in [0.4, 0.5) is 0 Å². The van der Waals surface area contributed by atoms with Gasteiger partial charge in [0, 0.05) is 19.3 Å². The molecule has 6 heteroatoms. The molecule has 0 aromatic carbocycles. The first-order valence-corrected chi connectivity index (χ1v) is 28.8. The van der Waals surface area contributed by atoms with E-state index in [1.165, 1.54) is 205 Å². The third-order valence-corrected chi connectivity index (χ3v) is 13.0. The normalized spacial score (nSPS) is 12.1. The van der Waals surface area contributed by atoms with Gasteiger partial charge in [0.05, 0.1) is 0 Å². The van der Waals surface area contributed by atoms with E-state index in [1.807, 2.05) is 0 Å². The Balaban J connectivity index is 4.33. The summed E-state index contributed by atoms with van der Waals surface area (Å²) < 4.78 is 16.9. The van der Waals surface area contributed by atoms with Gasteiger partial charge in [-0.25, -0.2) is 0 Å². The molecule has 0 aliphatic carbocycles. The standard InChI is InChI=1S/C59H110O6/c1-4-7-10-13-16-19-22-25-28-29-30-32-34-37-40-43-46-49-52-58(61)64-55-56(54-63-57(60)51-48-45-42-39-36-33-27-24-21-18-15-12-9-6-3)65-59(62)53-50-47-44-41-38-35-31-26-23-20-17-14-11-8-5-2/h19,22,28-29,56H,4-18,20-21,23-27,30-55H2,1-3H3/b22-19-,29-28-. The third-order valence-electron chi connectivity index (χ3n) is 13.0. The van der Waals surface area contributed by atoms with Gasteiger partial charge in [0.2, 0.25) is 0 Å². The number of rotatable bonds is 53. The largest absolute Gasteiger partial charge is 0.462 e. The van der Waals surface area contributed by atoms with Gasteiger partial charge in [0.15, 0.2) is 6.10 Å². The molecule has 0 rings (SSSR count). The maximum atomic E-state index is 12.8. The quantitative estimate of drug-likeness (QED) is 0.0262. The summed E-state index contributed by atoms with van der Waals surface area (Å²) in [6.07, 6.45) is 63.0. The van der Waals surface area contributed by atoms with E-state index in [2.05, 4.69) is 45.1 Å². The maximum Gasteiger partial charge on any atom is 0.306 e. The fraction of sp³-hybridized carbons (Fsp3) is 0.881. The van der Waals surface area contributed by atoms with Crippen LogP contribution in [0.3, 0.4) is 0 Å². The van der Waals surface area contributed by atoms with Crippen LogP contribution in [-0.4, -0.2) is 37.2 Å². The van der Waals surface area contributed by atoms with Crippen LogP contribution in [0.15, 0.2) is 24.3 Å². The highest BCUT2D eigenvalue weighted by Gasteiger charge is 2.19. The molecule has 0 saturated heterocycles. The van der Waals surface area contributed by atoms with Gasteiger partial charge in [-0.15, -0.1) is 0 Å². The van der Waals surface area contributed by atoms with Crippen LogP contribution in [0.2, 0.25) is 0 Å². The van der Waals surface area contributed by atoms with Crippen molar-refractivity contribution in [3.05, 3.63) is 24.3 Å². The first-order chi connectivity index (χ1) is 32.0. The summed E-state index contributed by atoms with van der Waals surface area (Å²) >= 11 is 0. The van der Waals surface area contributed by atoms with Crippen LogP contribution < -0.4 is 0 Å². The Bertz CT molecular complexity index is 1050. The minimum Gasteiger partial charge on any atom is -0.462 e. The van der Waals surface area contributed by atoms with Crippen molar-refractivity contribution >= 4 is 17.9 Å². The smallest absolute Gasteiger partial charge is 0.306 e. The van der Waals surface area contributed by atoms with Crippen LogP contribution in [0, 0.1) is 0 Å². The van der Waals surface area contributed by atoms with E-state index in [-0.39, 0.29) is 31.1 Å². The lowest BCUT2D eigenvalue weighted by atomic mass is 10.0. The molecule has 0 aliphatic heterocycles. The van der Waals surface area contributed by atoms with Crippen LogP contribution >= 0.6 is 0 Å². The number of unbranched alkanes of at least 4 members (excludes halogenated alkanes) is 38. The Labute approximate surface area is 404 Å². The van der Waals surface area contributed by atoms with Crippen LogP contribution in [0.25, 0.3) is 0 Å². The van der Waals surface area contributed by atoms with E-state index in [0.29, 0.717) is 19.3 Å². The summed E-state index contributed by atoms with van der Waals surface area (Å²) in [4.78, 5) is 38.1. The molecule has 0 amide bonds. The van der Waals surface area contributed by atoms with Crippen molar-refractivity contribution < 1.29 is 28.6 Å². The predicted octanol–water partition coefficient (Wildman–Crippen LogP) is 19.1. The molecule has 1 atom stereocenters. The average molecular weight is 916 g/mol. The SMILES string of the molecule is CCCCCC/C=C\C/C=C\CCCCCCCCCC(=O)OCC(COC(=O)CCCCCCCCCCCCCCCC)OC(=O)CCCCCCCCCCCCCCCCC. The Hall–Kier alpha value is -2.11. The number of ether oxygens (including phenoxy) is 3. The van der Waals surface area contributed by atoms with E-state index >= 15 is 0 Å². The van der Waals surface area contributed by atoms with Gasteiger partial charge in [-0.05, 0) is 51.4 Å². The van der Waals surface area contributed by atoms with E-state index in [9.17, 15) is 14.4 Å². The molecule has 0 aromatic rings. The van der Waals surface area contributed by atoms with Gasteiger partial charge in [-0.1, -0.05) is 270 Å². The fourth-order valence-electron chi connectivity index (χ4n) is 8.59. The number of allylic oxidation sites excluding steroid dienone is 4. The van der Waals surface area contributed by atoms with Gasteiger partial charge in [0.1, 0.15) is 13.2 Å². The van der Waals surface area contributed by atoms with Crippen molar-refractivity contribution in [1.82, 2.24) is 0 Å². The van der Waals surface area contributed by atoms with E-state index in [0.717, 1.165) is 70.6 Å². The summed E-state index contributed by atoms with van der Waals surface area (Å²) in [5.41, 5.74) is 0. The molecule has 0 N–H and O–H groups in total. The van der Waals surface area contributed by atoms with Gasteiger partial charge in [-0.3, -0.25) is 14.4 Å². The molecule has 0 spiro atoms. The molecule has 6 nitrogen and oxygen atoms in total. The maximum absolute atomic E-state index is 12.8. The first kappa shape index (κ1) is 62.9. The molecule has 0 saturated carbocycles. The second-order valence-electron chi connectivity index (χ2n) is 19.6. The van der Waals surface area contributed by atoms with Gasteiger partial charge in [-0.2, -0.15) is 0 Å². The average Bonchev–Trinajstić information content (AvgIpc) is 3.30. The molecule has 0 heterocycles. The van der Waals surface area contributed by atoms with Crippen LogP contribution in [-0.2, 0) is 28.6 Å². The minimum atomic E-state index is -0.769. The number of carbonyl (C=O) groups excluding carboxylic acids is 3. The molecule has 1 unspecified atom stereocenters. The molecule has 382 valence electrons. The number of hydrogen-bond acceptors (Lipinski definition) is 6. The highest BCUT2D eigenvalue weighted by molar-refractivity contribution is 5.71. The van der Waals surface area contributed by atoms with E-state index in [4.69, 9.17) is 14.2 Å². The number of hydrogen-bond donors (Lipinski definition) is 0. The highest BCUT2D eigenvalue weighted by Crippen LogP contribution is 2.17. The molecule has 65 heavy (non-hydrogen) atoms. The summed E-state index contributed by atoms with van der Waals surface area (Å²) in [6, 6.07) is 0. The van der Waals surface area contributed by atoms with Crippen molar-refractivity contribution in [2.75, 3.05) is 13.2 Å². The molecule has 0 radical (unpaired) electrons. The van der Waals surface area contributed by atoms with Gasteiger partial charge < -0.3 is 14.2 Å². The zero-order chi connectivity index (χ0) is 47.2. The third kappa shape index (κ3) is 52.7. The van der Waals surface area contributed by atoms with Crippen LogP contribution in [0.5, 0.6) is 0 Å². The summed E-state index contributed by atoms with van der Waals surface area (Å²) in [6.45, 7) is 6.67. The van der Waals surface area contributed by atoms with Crippen molar-refractivity contribution in [2.24, 2.45) is 0 Å². The lowest BCUT2D eigenvalue weighted by Crippen LogP contribution is -2.30. The molecule has 0 bridgehead atoms. The van der Waals surface area contributed by atoms with Crippen molar-refractivity contribution in [3.8, 4) is 0 Å². The summed E-state index contributed by atoms with van der Waals surface area (Å²) in [5.74, 6) is -0.854. The van der Waals surface area contributed by atoms with Crippen molar-refractivity contribution in [3.63, 3.8) is 0 Å². The Morgan fingerprint density at radius 1 is 0.308 bits per heavy atom. The lowest BCUT2D eigenvalue weighted by Gasteiger charge is -2.18. The van der Waals surface area contributed by atoms with Crippen molar-refractivity contribution in [1.29, 1.82) is 0 Å². The van der Waals surface area contributed by atoms with Gasteiger partial charge >= 0.3 is 17.9 Å². The second-order valence-corrected chi connectivity index (χ2v) is 19.6. The molecular weight excluding hydrogens is 805 g/mol. The van der Waals surface area contributed by atoms with E-state index in [1.54, 1.807) is 0 Å². The first-order valence-electron chi connectivity index (χ1n) is 28.8. The fourth-order valence-corrected chi connectivity index (χ4v) is 8.59. The Morgan fingerprint density at radius 3 is 0.862 bits per heavy atom. The van der Waals surface area contributed by atoms with Crippen molar-refractivity contribution in [2.45, 2.75) is 322 Å². The van der Waals surface area contributed by atoms with E-state index < -0.39 is 6.10 Å².